The number of aliphatic hydroxyl groups is 1. The summed E-state index contributed by atoms with van der Waals surface area (Å²) in [7, 11) is 2.10. The van der Waals surface area contributed by atoms with Gasteiger partial charge in [0.1, 0.15) is 6.23 Å². The van der Waals surface area contributed by atoms with Crippen LogP contribution in [0.15, 0.2) is 0 Å². The molecule has 2 heterocycles. The number of hydrazine groups is 1. The Morgan fingerprint density at radius 1 is 1.18 bits per heavy atom. The zero-order valence-electron chi connectivity index (χ0n) is 10.9. The van der Waals surface area contributed by atoms with Crippen LogP contribution in [0.25, 0.3) is 0 Å². The molecule has 0 radical (unpaired) electrons. The third kappa shape index (κ3) is 2.01. The first-order valence-electron chi connectivity index (χ1n) is 6.97. The highest BCUT2D eigenvalue weighted by molar-refractivity contribution is 4.91. The normalized spacial score (nSPS) is 48.5. The van der Waals surface area contributed by atoms with Gasteiger partial charge in [0.05, 0.1) is 6.10 Å². The van der Waals surface area contributed by atoms with Gasteiger partial charge in [-0.1, -0.05) is 0 Å². The van der Waals surface area contributed by atoms with Crippen molar-refractivity contribution in [3.8, 4) is 0 Å². The van der Waals surface area contributed by atoms with Crippen LogP contribution in [0.5, 0.6) is 0 Å². The lowest BCUT2D eigenvalue weighted by atomic mass is 9.83. The molecule has 98 valence electrons. The van der Waals surface area contributed by atoms with E-state index in [1.165, 1.54) is 19.3 Å². The topological polar surface area (TPSA) is 35.9 Å². The van der Waals surface area contributed by atoms with Crippen LogP contribution in [-0.2, 0) is 4.74 Å². The highest BCUT2D eigenvalue weighted by Gasteiger charge is 2.43. The fourth-order valence-electron chi connectivity index (χ4n) is 3.82. The third-order valence-electron chi connectivity index (χ3n) is 4.95. The van der Waals surface area contributed by atoms with Crippen LogP contribution in [-0.4, -0.2) is 53.2 Å². The van der Waals surface area contributed by atoms with E-state index in [4.69, 9.17) is 4.74 Å². The van der Waals surface area contributed by atoms with Crippen LogP contribution in [0.1, 0.15) is 39.0 Å². The molecule has 2 saturated heterocycles. The second kappa shape index (κ2) is 4.50. The van der Waals surface area contributed by atoms with Crippen LogP contribution in [0, 0.1) is 5.92 Å². The number of aliphatic hydroxyl groups excluding tert-OH is 1. The zero-order chi connectivity index (χ0) is 12.0. The summed E-state index contributed by atoms with van der Waals surface area (Å²) >= 11 is 0. The van der Waals surface area contributed by atoms with Gasteiger partial charge >= 0.3 is 0 Å². The predicted molar refractivity (Wildman–Crippen MR) is 65.2 cm³/mol. The Hall–Kier alpha value is -0.160. The molecular weight excluding hydrogens is 216 g/mol. The van der Waals surface area contributed by atoms with Gasteiger partial charge in [-0.15, -0.1) is 0 Å². The molecule has 4 nitrogen and oxygen atoms in total. The number of rotatable bonds is 1. The minimum atomic E-state index is -0.294. The molecule has 4 heteroatoms. The average Bonchev–Trinajstić information content (AvgIpc) is 2.84. The standard InChI is InChI=1S/C13H24N2O2/c1-9-7-13(16)15(14(9)2)11-4-3-10-5-6-17-12(10)8-11/h9-13,16H,3-8H2,1-2H3. The first kappa shape index (κ1) is 11.9. The molecule has 1 N–H and O–H groups in total. The summed E-state index contributed by atoms with van der Waals surface area (Å²) in [6.45, 7) is 3.12. The molecule has 1 aliphatic carbocycles. The number of hydrogen-bond acceptors (Lipinski definition) is 4. The molecule has 5 unspecified atom stereocenters. The van der Waals surface area contributed by atoms with Gasteiger partial charge in [-0.3, -0.25) is 0 Å². The molecule has 0 aromatic heterocycles. The maximum Gasteiger partial charge on any atom is 0.121 e. The summed E-state index contributed by atoms with van der Waals surface area (Å²) in [4.78, 5) is 0. The van der Waals surface area contributed by atoms with E-state index in [9.17, 15) is 5.11 Å². The Kier molecular flexibility index (Phi) is 3.15. The summed E-state index contributed by atoms with van der Waals surface area (Å²) in [6, 6.07) is 0.923. The van der Waals surface area contributed by atoms with Crippen molar-refractivity contribution in [3.05, 3.63) is 0 Å². The third-order valence-corrected chi connectivity index (χ3v) is 4.95. The van der Waals surface area contributed by atoms with E-state index in [1.807, 2.05) is 0 Å². The van der Waals surface area contributed by atoms with E-state index in [1.54, 1.807) is 0 Å². The van der Waals surface area contributed by atoms with Crippen molar-refractivity contribution in [1.29, 1.82) is 0 Å². The summed E-state index contributed by atoms with van der Waals surface area (Å²) in [6.07, 6.45) is 5.83. The Morgan fingerprint density at radius 3 is 2.71 bits per heavy atom. The lowest BCUT2D eigenvalue weighted by Crippen LogP contribution is -2.50. The zero-order valence-corrected chi connectivity index (χ0v) is 10.9. The van der Waals surface area contributed by atoms with E-state index in [2.05, 4.69) is 24.0 Å². The van der Waals surface area contributed by atoms with Crippen molar-refractivity contribution < 1.29 is 9.84 Å². The van der Waals surface area contributed by atoms with Crippen LogP contribution in [0.3, 0.4) is 0 Å². The fourth-order valence-corrected chi connectivity index (χ4v) is 3.82. The molecule has 0 aromatic carbocycles. The van der Waals surface area contributed by atoms with E-state index in [-0.39, 0.29) is 6.23 Å². The molecule has 3 aliphatic rings. The minimum Gasteiger partial charge on any atom is -0.378 e. The molecule has 3 fully saturated rings. The maximum absolute atomic E-state index is 10.2. The largest absolute Gasteiger partial charge is 0.378 e. The molecule has 17 heavy (non-hydrogen) atoms. The molecule has 0 aromatic rings. The van der Waals surface area contributed by atoms with Crippen LogP contribution in [0.4, 0.5) is 0 Å². The lowest BCUT2D eigenvalue weighted by molar-refractivity contribution is -0.129. The lowest BCUT2D eigenvalue weighted by Gasteiger charge is -2.41. The van der Waals surface area contributed by atoms with E-state index < -0.39 is 0 Å². The van der Waals surface area contributed by atoms with Gasteiger partial charge in [-0.25, -0.2) is 10.0 Å². The number of ether oxygens (including phenoxy) is 1. The fraction of sp³-hybridized carbons (Fsp3) is 1.00. The SMILES string of the molecule is CC1CC(O)N(C2CCC3CCOC3C2)N1C. The first-order valence-corrected chi connectivity index (χ1v) is 6.97. The maximum atomic E-state index is 10.2. The van der Waals surface area contributed by atoms with Gasteiger partial charge in [0.25, 0.3) is 0 Å². The van der Waals surface area contributed by atoms with E-state index in [0.29, 0.717) is 18.2 Å². The van der Waals surface area contributed by atoms with Gasteiger partial charge in [0, 0.05) is 32.2 Å². The summed E-state index contributed by atoms with van der Waals surface area (Å²) in [5.41, 5.74) is 0. The molecule has 0 amide bonds. The van der Waals surface area contributed by atoms with Gasteiger partial charge in [-0.05, 0) is 38.5 Å². The Bertz CT molecular complexity index is 287. The molecule has 1 saturated carbocycles. The molecule has 2 aliphatic heterocycles. The van der Waals surface area contributed by atoms with Gasteiger partial charge in [0.15, 0.2) is 0 Å². The molecular formula is C13H24N2O2. The van der Waals surface area contributed by atoms with Crippen LogP contribution < -0.4 is 0 Å². The van der Waals surface area contributed by atoms with Gasteiger partial charge in [-0.2, -0.15) is 0 Å². The summed E-state index contributed by atoms with van der Waals surface area (Å²) < 4.78 is 5.82. The summed E-state index contributed by atoms with van der Waals surface area (Å²) in [5, 5.41) is 14.6. The highest BCUT2D eigenvalue weighted by atomic mass is 16.5. The smallest absolute Gasteiger partial charge is 0.121 e. The monoisotopic (exact) mass is 240 g/mol. The van der Waals surface area contributed by atoms with Gasteiger partial charge < -0.3 is 9.84 Å². The molecule has 0 spiro atoms. The quantitative estimate of drug-likeness (QED) is 0.747. The Labute approximate surface area is 103 Å². The Balaban J connectivity index is 1.68. The predicted octanol–water partition coefficient (Wildman–Crippen LogP) is 1.20. The van der Waals surface area contributed by atoms with Crippen molar-refractivity contribution in [2.75, 3.05) is 13.7 Å². The highest BCUT2D eigenvalue weighted by Crippen LogP contribution is 2.38. The number of nitrogens with zero attached hydrogens (tertiary/aromatic N) is 2. The van der Waals surface area contributed by atoms with Crippen molar-refractivity contribution in [2.45, 2.75) is 63.4 Å². The van der Waals surface area contributed by atoms with Crippen molar-refractivity contribution in [3.63, 3.8) is 0 Å². The summed E-state index contributed by atoms with van der Waals surface area (Å²) in [5.74, 6) is 0.786. The second-order valence-electron chi connectivity index (χ2n) is 5.94. The second-order valence-corrected chi connectivity index (χ2v) is 5.94. The first-order chi connectivity index (χ1) is 8.16. The average molecular weight is 240 g/mol. The molecule has 3 rings (SSSR count). The van der Waals surface area contributed by atoms with Crippen LogP contribution in [0.2, 0.25) is 0 Å². The molecule has 5 atom stereocenters. The van der Waals surface area contributed by atoms with E-state index >= 15 is 0 Å². The van der Waals surface area contributed by atoms with Crippen molar-refractivity contribution in [1.82, 2.24) is 10.0 Å². The molecule has 0 bridgehead atoms. The minimum absolute atomic E-state index is 0.294. The number of hydrogen-bond donors (Lipinski definition) is 1. The van der Waals surface area contributed by atoms with Crippen molar-refractivity contribution in [2.24, 2.45) is 5.92 Å². The van der Waals surface area contributed by atoms with Crippen LogP contribution >= 0.6 is 0 Å². The number of fused-ring (bicyclic) bond motifs is 1. The van der Waals surface area contributed by atoms with Gasteiger partial charge in [0.2, 0.25) is 0 Å². The van der Waals surface area contributed by atoms with Crippen molar-refractivity contribution >= 4 is 0 Å². The van der Waals surface area contributed by atoms with E-state index in [0.717, 1.165) is 25.4 Å². The Morgan fingerprint density at radius 2 is 2.00 bits per heavy atom.